The number of nitrogens with zero attached hydrogens (tertiary/aromatic N) is 4. The van der Waals surface area contributed by atoms with E-state index in [1.54, 1.807) is 0 Å². The lowest BCUT2D eigenvalue weighted by Gasteiger charge is -2.33. The minimum absolute atomic E-state index is 0.314. The second-order valence-electron chi connectivity index (χ2n) is 21.7. The Morgan fingerprint density at radius 2 is 0.974 bits per heavy atom. The average molecular weight is 995 g/mol. The molecule has 0 radical (unpaired) electrons. The molecule has 0 amide bonds. The molecule has 364 valence electrons. The molecule has 1 aliphatic heterocycles. The number of hydrogen-bond acceptors (Lipinski definition) is 4. The Bertz CT molecular complexity index is 4850. The topological polar surface area (TPSA) is 56.7 Å². The normalized spacial score (nSPS) is 14.0. The van der Waals surface area contributed by atoms with Crippen LogP contribution in [0.1, 0.15) is 47.2 Å². The molecule has 78 heavy (non-hydrogen) atoms. The van der Waals surface area contributed by atoms with Gasteiger partial charge >= 0.3 is 0 Å². The molecule has 0 fully saturated rings. The molecule has 0 saturated heterocycles. The lowest BCUT2D eigenvalue weighted by Crippen LogP contribution is -2.28. The van der Waals surface area contributed by atoms with Crippen LogP contribution >= 0.6 is 0 Å². The third kappa shape index (κ3) is 5.66. The maximum absolute atomic E-state index is 6.73. The first kappa shape index (κ1) is 43.3. The second kappa shape index (κ2) is 15.8. The maximum atomic E-state index is 6.73. The first-order chi connectivity index (χ1) is 38.5. The van der Waals surface area contributed by atoms with Gasteiger partial charge in [-0.15, -0.1) is 0 Å². The van der Waals surface area contributed by atoms with Crippen molar-refractivity contribution >= 4 is 43.7 Å². The molecule has 0 spiro atoms. The predicted octanol–water partition coefficient (Wildman–Crippen LogP) is 18.2. The van der Waals surface area contributed by atoms with Crippen LogP contribution in [0.25, 0.3) is 128 Å². The smallest absolute Gasteiger partial charge is 0.167 e. The molecule has 11 aromatic carbocycles. The molecule has 3 aliphatic rings. The van der Waals surface area contributed by atoms with Crippen LogP contribution in [0, 0.1) is 0 Å². The summed E-state index contributed by atoms with van der Waals surface area (Å²) in [5, 5.41) is 4.62. The van der Waals surface area contributed by atoms with E-state index >= 15 is 0 Å². The molecule has 0 N–H and O–H groups in total. The highest BCUT2D eigenvalue weighted by atomic mass is 16.3. The highest BCUT2D eigenvalue weighted by molar-refractivity contribution is 6.19. The van der Waals surface area contributed by atoms with Gasteiger partial charge in [-0.3, -0.25) is 0 Å². The molecule has 0 atom stereocenters. The number of aromatic nitrogens is 4. The fourth-order valence-corrected chi connectivity index (χ4v) is 14.3. The van der Waals surface area contributed by atoms with Crippen LogP contribution in [0.4, 0.5) is 0 Å². The van der Waals surface area contributed by atoms with Crippen molar-refractivity contribution in [2.24, 2.45) is 0 Å². The van der Waals surface area contributed by atoms with Gasteiger partial charge in [0, 0.05) is 49.2 Å². The second-order valence-corrected chi connectivity index (χ2v) is 21.7. The van der Waals surface area contributed by atoms with Gasteiger partial charge in [-0.25, -0.2) is 15.0 Å². The number of fused-ring (bicyclic) bond motifs is 12. The number of rotatable bonds is 6. The van der Waals surface area contributed by atoms with E-state index in [-0.39, 0.29) is 5.41 Å². The van der Waals surface area contributed by atoms with Crippen LogP contribution in [-0.4, -0.2) is 19.5 Å². The molecule has 4 heterocycles. The van der Waals surface area contributed by atoms with Crippen molar-refractivity contribution in [1.82, 2.24) is 19.5 Å². The zero-order chi connectivity index (χ0) is 51.4. The first-order valence-electron chi connectivity index (χ1n) is 26.9. The van der Waals surface area contributed by atoms with Gasteiger partial charge in [0.15, 0.2) is 17.5 Å². The summed E-state index contributed by atoms with van der Waals surface area (Å²) in [6.45, 7) is 4.82. The van der Waals surface area contributed by atoms with E-state index in [4.69, 9.17) is 19.4 Å². The van der Waals surface area contributed by atoms with E-state index in [0.29, 0.717) is 17.5 Å². The summed E-state index contributed by atoms with van der Waals surface area (Å²) < 4.78 is 9.25. The van der Waals surface area contributed by atoms with Crippen LogP contribution in [0.2, 0.25) is 0 Å². The van der Waals surface area contributed by atoms with Crippen molar-refractivity contribution in [2.75, 3.05) is 0 Å². The highest BCUT2D eigenvalue weighted by Gasteiger charge is 2.47. The lowest BCUT2D eigenvalue weighted by atomic mass is 9.67. The Kier molecular flexibility index (Phi) is 8.77. The zero-order valence-electron chi connectivity index (χ0n) is 42.8. The largest absolute Gasteiger partial charge is 0.455 e. The monoisotopic (exact) mass is 994 g/mol. The van der Waals surface area contributed by atoms with Crippen molar-refractivity contribution in [1.29, 1.82) is 0 Å². The third-order valence-electron chi connectivity index (χ3n) is 17.5. The van der Waals surface area contributed by atoms with E-state index in [9.17, 15) is 0 Å². The summed E-state index contributed by atoms with van der Waals surface area (Å²) in [4.78, 5) is 16.6. The van der Waals surface area contributed by atoms with E-state index in [1.165, 1.54) is 88.7 Å². The molecule has 17 rings (SSSR count). The molecule has 2 aliphatic carbocycles. The van der Waals surface area contributed by atoms with E-state index in [0.717, 1.165) is 55.3 Å². The van der Waals surface area contributed by atoms with Gasteiger partial charge in [-0.05, 0) is 97.1 Å². The fraction of sp³-hybridized carbons (Fsp3) is 0.0548. The first-order valence-corrected chi connectivity index (χ1v) is 26.9. The van der Waals surface area contributed by atoms with Crippen LogP contribution in [0.15, 0.2) is 247 Å². The summed E-state index contributed by atoms with van der Waals surface area (Å²) in [5.41, 5.74) is 24.2. The maximum Gasteiger partial charge on any atom is 0.167 e. The summed E-state index contributed by atoms with van der Waals surface area (Å²) in [5.74, 6) is 1.72. The number of para-hydroxylation sites is 4. The van der Waals surface area contributed by atoms with Gasteiger partial charge < -0.3 is 8.98 Å². The Morgan fingerprint density at radius 1 is 0.372 bits per heavy atom. The molecular weight excluding hydrogens is 949 g/mol. The van der Waals surface area contributed by atoms with Crippen molar-refractivity contribution in [2.45, 2.75) is 24.7 Å². The average Bonchev–Trinajstić information content (AvgIpc) is 4.27. The zero-order valence-corrected chi connectivity index (χ0v) is 42.8. The van der Waals surface area contributed by atoms with Crippen molar-refractivity contribution in [3.63, 3.8) is 0 Å². The van der Waals surface area contributed by atoms with Crippen LogP contribution in [0.5, 0.6) is 0 Å². The number of furan rings is 1. The quantitative estimate of drug-likeness (QED) is 0.167. The summed E-state index contributed by atoms with van der Waals surface area (Å²) in [7, 11) is 0. The van der Waals surface area contributed by atoms with Crippen molar-refractivity contribution in [3.05, 3.63) is 276 Å². The van der Waals surface area contributed by atoms with Gasteiger partial charge in [0.2, 0.25) is 0 Å². The Balaban J connectivity index is 0.908. The van der Waals surface area contributed by atoms with Gasteiger partial charge in [-0.1, -0.05) is 226 Å². The summed E-state index contributed by atoms with van der Waals surface area (Å²) in [6, 6.07) is 88.1. The molecule has 0 bridgehead atoms. The minimum atomic E-state index is -0.593. The standard InChI is InChI=1S/C73H46N4O/c1-72(2)58-41-40-52-49-27-11-15-36-61(49)77-60-35-14-10-26-48(60)51-39-38-47(66(72)64(51)65(58)67(52)77)43-20-17-21-44(42-43)69-74-70(76-71(75-69)56-32-18-30-53-50-28-12-16-37-62(50)78-68(53)56)55-31-19-34-59-63(55)54-29-9-13-33-57(54)73(59,45-22-5-3-6-23-45)46-24-7-4-8-25-46/h3-42H,1-2H3. The Morgan fingerprint density at radius 3 is 1.81 bits per heavy atom. The van der Waals surface area contributed by atoms with E-state index in [2.05, 4.69) is 249 Å². The molecule has 5 nitrogen and oxygen atoms in total. The summed E-state index contributed by atoms with van der Waals surface area (Å²) in [6.07, 6.45) is 0. The fourth-order valence-electron chi connectivity index (χ4n) is 14.3. The van der Waals surface area contributed by atoms with Gasteiger partial charge in [0.25, 0.3) is 0 Å². The minimum Gasteiger partial charge on any atom is -0.455 e. The van der Waals surface area contributed by atoms with Crippen molar-refractivity contribution in [3.8, 4) is 84.4 Å². The SMILES string of the molecule is CC1(C)c2ccc3c4ccccc4n4c3c2-c2c(ccc(-c3cccc(-c5nc(-c6cccc7c6-c6ccccc6C7(c6ccccc6)c6ccccc6)nc(-c6cccc7c6oc6ccccc67)n5)c3)c21)-c1ccccc1-4. The van der Waals surface area contributed by atoms with Crippen LogP contribution in [-0.2, 0) is 10.8 Å². The molecule has 3 aromatic heterocycles. The molecule has 5 heteroatoms. The lowest BCUT2D eigenvalue weighted by molar-refractivity contribution is 0.662. The molecular formula is C73H46N4O. The van der Waals surface area contributed by atoms with Gasteiger partial charge in [0.05, 0.1) is 27.7 Å². The van der Waals surface area contributed by atoms with E-state index in [1.807, 2.05) is 12.1 Å². The van der Waals surface area contributed by atoms with Crippen molar-refractivity contribution < 1.29 is 4.42 Å². The Hall–Kier alpha value is -9.97. The Labute approximate surface area is 450 Å². The van der Waals surface area contributed by atoms with Crippen LogP contribution < -0.4 is 0 Å². The third-order valence-corrected chi connectivity index (χ3v) is 17.5. The van der Waals surface area contributed by atoms with Crippen LogP contribution in [0.3, 0.4) is 0 Å². The molecule has 0 saturated carbocycles. The number of benzene rings is 11. The van der Waals surface area contributed by atoms with E-state index < -0.39 is 5.41 Å². The predicted molar refractivity (Wildman–Crippen MR) is 317 cm³/mol. The molecule has 14 aromatic rings. The molecule has 0 unspecified atom stereocenters. The highest BCUT2D eigenvalue weighted by Crippen LogP contribution is 2.61. The number of hydrogen-bond donors (Lipinski definition) is 0. The van der Waals surface area contributed by atoms with Gasteiger partial charge in [0.1, 0.15) is 11.2 Å². The summed E-state index contributed by atoms with van der Waals surface area (Å²) >= 11 is 0. The van der Waals surface area contributed by atoms with Gasteiger partial charge in [-0.2, -0.15) is 0 Å².